The molecule has 1 fully saturated rings. The molecule has 0 aliphatic carbocycles. The SMILES string of the molecule is CO/N=C(\C(=O)NC1C(=O)N2C(C(=O)O)=C(C[n+]3ccncc3)CS[C@H]12)c1csc(N)n1. The molecule has 1 unspecified atom stereocenters. The van der Waals surface area contributed by atoms with Gasteiger partial charge in [0.2, 0.25) is 0 Å². The number of carboxylic acid groups (broad SMARTS) is 1. The minimum absolute atomic E-state index is 0.0633. The molecule has 14 heteroatoms. The molecule has 2 amide bonds. The molecule has 166 valence electrons. The summed E-state index contributed by atoms with van der Waals surface area (Å²) < 4.78 is 1.78. The maximum absolute atomic E-state index is 12.8. The summed E-state index contributed by atoms with van der Waals surface area (Å²) in [5.41, 5.74) is 6.24. The molecule has 32 heavy (non-hydrogen) atoms. The molecule has 2 atom stereocenters. The van der Waals surface area contributed by atoms with Crippen LogP contribution in [0.25, 0.3) is 0 Å². The number of carbonyl (C=O) groups is 3. The Labute approximate surface area is 189 Å². The van der Waals surface area contributed by atoms with Crippen molar-refractivity contribution in [3.8, 4) is 0 Å². The van der Waals surface area contributed by atoms with E-state index in [1.165, 1.54) is 23.8 Å². The van der Waals surface area contributed by atoms with Gasteiger partial charge in [-0.2, -0.15) is 4.57 Å². The number of β-lactam (4-membered cyclic amide) rings is 1. The van der Waals surface area contributed by atoms with Crippen LogP contribution in [0, 0.1) is 0 Å². The summed E-state index contributed by atoms with van der Waals surface area (Å²) >= 11 is 2.51. The normalized spacial score (nSPS) is 20.5. The predicted octanol–water partition coefficient (Wildman–Crippen LogP) is -0.803. The molecule has 2 aliphatic heterocycles. The third kappa shape index (κ3) is 4.01. The van der Waals surface area contributed by atoms with Crippen LogP contribution in [-0.4, -0.2) is 67.7 Å². The largest absolute Gasteiger partial charge is 0.477 e. The molecule has 0 spiro atoms. The Bertz CT molecular complexity index is 1130. The standard InChI is InChI=1S/C18H17N7O5S2/c1-30-23-11(10-8-32-18(19)21-10)14(26)22-12-15(27)25-13(17(28)29)9(7-31-16(12)25)6-24-4-2-20-3-5-24/h2-5,8,12,16H,6-7H2,1H3,(H3-,19,21,22,26,28,29)/p+1/b23-11-/t12?,16-/m1/s1. The first-order valence-electron chi connectivity index (χ1n) is 9.23. The minimum atomic E-state index is -1.20. The fraction of sp³-hybridized carbons (Fsp3) is 0.278. The van der Waals surface area contributed by atoms with Crippen molar-refractivity contribution >= 4 is 51.7 Å². The van der Waals surface area contributed by atoms with Gasteiger partial charge in [0.15, 0.2) is 29.8 Å². The number of thioether (sulfide) groups is 1. The monoisotopic (exact) mass is 476 g/mol. The van der Waals surface area contributed by atoms with E-state index < -0.39 is 29.2 Å². The van der Waals surface area contributed by atoms with Crippen LogP contribution in [0.5, 0.6) is 0 Å². The molecule has 2 aromatic rings. The highest BCUT2D eigenvalue weighted by molar-refractivity contribution is 8.00. The first kappa shape index (κ1) is 21.7. The van der Waals surface area contributed by atoms with Gasteiger partial charge in [0, 0.05) is 16.7 Å². The summed E-state index contributed by atoms with van der Waals surface area (Å²) in [5, 5.41) is 17.3. The van der Waals surface area contributed by atoms with Crippen LogP contribution < -0.4 is 15.6 Å². The molecule has 0 bridgehead atoms. The highest BCUT2D eigenvalue weighted by Crippen LogP contribution is 2.40. The second-order valence-electron chi connectivity index (χ2n) is 6.73. The van der Waals surface area contributed by atoms with Crippen molar-refractivity contribution in [1.29, 1.82) is 0 Å². The van der Waals surface area contributed by atoms with Gasteiger partial charge in [-0.25, -0.2) is 9.78 Å². The summed E-state index contributed by atoms with van der Waals surface area (Å²) in [6, 6.07) is -0.907. The van der Waals surface area contributed by atoms with Gasteiger partial charge in [0.1, 0.15) is 29.9 Å². The maximum atomic E-state index is 12.8. The average Bonchev–Trinajstić information content (AvgIpc) is 3.21. The summed E-state index contributed by atoms with van der Waals surface area (Å²) in [7, 11) is 1.28. The van der Waals surface area contributed by atoms with Crippen LogP contribution in [0.1, 0.15) is 5.69 Å². The number of aliphatic carboxylic acids is 1. The lowest BCUT2D eigenvalue weighted by atomic mass is 10.0. The number of rotatable bonds is 7. The van der Waals surface area contributed by atoms with Crippen molar-refractivity contribution in [2.45, 2.75) is 18.0 Å². The van der Waals surface area contributed by atoms with E-state index in [0.717, 1.165) is 11.3 Å². The molecule has 2 aliphatic rings. The molecular weight excluding hydrogens is 458 g/mol. The third-order valence-corrected chi connectivity index (χ3v) is 6.77. The van der Waals surface area contributed by atoms with Crippen molar-refractivity contribution in [2.75, 3.05) is 18.6 Å². The van der Waals surface area contributed by atoms with E-state index in [-0.39, 0.29) is 22.2 Å². The molecule has 0 radical (unpaired) electrons. The molecule has 0 aromatic carbocycles. The van der Waals surface area contributed by atoms with Crippen molar-refractivity contribution < 1.29 is 28.9 Å². The van der Waals surface area contributed by atoms with E-state index in [1.807, 2.05) is 0 Å². The maximum Gasteiger partial charge on any atom is 0.352 e. The van der Waals surface area contributed by atoms with E-state index in [9.17, 15) is 19.5 Å². The predicted molar refractivity (Wildman–Crippen MR) is 114 cm³/mol. The van der Waals surface area contributed by atoms with Gasteiger partial charge in [0.25, 0.3) is 11.8 Å². The van der Waals surface area contributed by atoms with Crippen LogP contribution in [0.4, 0.5) is 5.13 Å². The highest BCUT2D eigenvalue weighted by Gasteiger charge is 2.54. The summed E-state index contributed by atoms with van der Waals surface area (Å²) in [5.74, 6) is -1.99. The first-order chi connectivity index (χ1) is 15.4. The van der Waals surface area contributed by atoms with Crippen molar-refractivity contribution in [3.05, 3.63) is 47.1 Å². The zero-order valence-corrected chi connectivity index (χ0v) is 18.3. The number of amides is 2. The fourth-order valence-corrected chi connectivity index (χ4v) is 5.26. The molecular formula is C18H18N7O5S2+. The van der Waals surface area contributed by atoms with E-state index >= 15 is 0 Å². The Morgan fingerprint density at radius 2 is 2.19 bits per heavy atom. The Hall–Kier alpha value is -3.52. The highest BCUT2D eigenvalue weighted by atomic mass is 32.2. The Morgan fingerprint density at radius 3 is 2.81 bits per heavy atom. The second-order valence-corrected chi connectivity index (χ2v) is 8.72. The number of hydrogen-bond acceptors (Lipinski definition) is 10. The van der Waals surface area contributed by atoms with E-state index in [0.29, 0.717) is 17.9 Å². The topological polar surface area (TPSA) is 164 Å². The Kier molecular flexibility index (Phi) is 6.05. The fourth-order valence-electron chi connectivity index (χ4n) is 3.38. The van der Waals surface area contributed by atoms with Crippen LogP contribution >= 0.6 is 23.1 Å². The number of carboxylic acids is 1. The summed E-state index contributed by atoms with van der Waals surface area (Å²) in [4.78, 5) is 51.5. The van der Waals surface area contributed by atoms with Crippen LogP contribution in [0.3, 0.4) is 0 Å². The molecule has 2 aromatic heterocycles. The van der Waals surface area contributed by atoms with Gasteiger partial charge in [0.05, 0.1) is 12.4 Å². The number of thiazole rings is 1. The van der Waals surface area contributed by atoms with Gasteiger partial charge in [-0.3, -0.25) is 19.5 Å². The van der Waals surface area contributed by atoms with Gasteiger partial charge in [-0.1, -0.05) is 5.16 Å². The van der Waals surface area contributed by atoms with Gasteiger partial charge >= 0.3 is 5.97 Å². The van der Waals surface area contributed by atoms with Gasteiger partial charge < -0.3 is 21.0 Å². The third-order valence-electron chi connectivity index (χ3n) is 4.76. The molecule has 4 N–H and O–H groups in total. The smallest absolute Gasteiger partial charge is 0.352 e. The number of carbonyl (C=O) groups excluding carboxylic acids is 2. The lowest BCUT2D eigenvalue weighted by Crippen LogP contribution is -2.71. The summed E-state index contributed by atoms with van der Waals surface area (Å²) in [6.07, 6.45) is 6.61. The van der Waals surface area contributed by atoms with Crippen LogP contribution in [0.2, 0.25) is 0 Å². The molecule has 0 saturated carbocycles. The zero-order chi connectivity index (χ0) is 22.8. The van der Waals surface area contributed by atoms with Crippen molar-refractivity contribution in [1.82, 2.24) is 20.2 Å². The summed E-state index contributed by atoms with van der Waals surface area (Å²) in [6.45, 7) is 0.306. The van der Waals surface area contributed by atoms with Gasteiger partial charge in [-0.05, 0) is 0 Å². The first-order valence-corrected chi connectivity index (χ1v) is 11.2. The van der Waals surface area contributed by atoms with E-state index in [2.05, 4.69) is 20.4 Å². The van der Waals surface area contributed by atoms with E-state index in [4.69, 9.17) is 10.6 Å². The number of nitrogens with two attached hydrogens (primary N) is 1. The molecule has 1 saturated heterocycles. The van der Waals surface area contributed by atoms with E-state index in [1.54, 1.807) is 34.7 Å². The number of aromatic nitrogens is 3. The number of anilines is 1. The number of nitrogen functional groups attached to an aromatic ring is 1. The zero-order valence-electron chi connectivity index (χ0n) is 16.7. The number of hydrogen-bond donors (Lipinski definition) is 3. The lowest BCUT2D eigenvalue weighted by molar-refractivity contribution is -0.689. The number of oxime groups is 1. The second kappa shape index (κ2) is 8.92. The number of nitrogens with zero attached hydrogens (tertiary/aromatic N) is 5. The minimum Gasteiger partial charge on any atom is -0.477 e. The van der Waals surface area contributed by atoms with Crippen molar-refractivity contribution in [3.63, 3.8) is 0 Å². The molecule has 12 nitrogen and oxygen atoms in total. The molecule has 4 rings (SSSR count). The molecule has 4 heterocycles. The Morgan fingerprint density at radius 1 is 1.44 bits per heavy atom. The number of nitrogens with one attached hydrogen (secondary N) is 1. The van der Waals surface area contributed by atoms with Crippen LogP contribution in [0.15, 0.2) is 46.6 Å². The lowest BCUT2D eigenvalue weighted by Gasteiger charge is -2.49. The van der Waals surface area contributed by atoms with Gasteiger partial charge in [-0.15, -0.1) is 23.1 Å². The number of fused-ring (bicyclic) bond motifs is 1. The van der Waals surface area contributed by atoms with Crippen LogP contribution in [-0.2, 0) is 25.8 Å². The quantitative estimate of drug-likeness (QED) is 0.201. The van der Waals surface area contributed by atoms with Crippen molar-refractivity contribution in [2.24, 2.45) is 5.16 Å². The average molecular weight is 477 g/mol. The Balaban J connectivity index is 1.53.